The molecule has 18 heavy (non-hydrogen) atoms. The monoisotopic (exact) mass is 250 g/mol. The van der Waals surface area contributed by atoms with Crippen LogP contribution in [0.15, 0.2) is 35.5 Å². The predicted octanol–water partition coefficient (Wildman–Crippen LogP) is 2.93. The average Bonchev–Trinajstić information content (AvgIpc) is 2.12. The van der Waals surface area contributed by atoms with Crippen molar-refractivity contribution in [2.75, 3.05) is 0 Å². The lowest BCUT2D eigenvalue weighted by Crippen LogP contribution is -2.32. The number of allylic oxidation sites excluding steroid dienone is 4. The van der Waals surface area contributed by atoms with Crippen LogP contribution < -0.4 is 0 Å². The summed E-state index contributed by atoms with van der Waals surface area (Å²) in [7, 11) is 0. The molecule has 3 nitrogen and oxygen atoms in total. The molecule has 0 saturated carbocycles. The van der Waals surface area contributed by atoms with Crippen molar-refractivity contribution in [2.24, 2.45) is 11.3 Å². The molecule has 0 saturated heterocycles. The summed E-state index contributed by atoms with van der Waals surface area (Å²) in [5.74, 6) is -0.694. The third-order valence-electron chi connectivity index (χ3n) is 3.43. The molecule has 0 unspecified atom stereocenters. The molecule has 3 heteroatoms. The number of aliphatic hydroxyl groups is 1. The number of hydrogen-bond acceptors (Lipinski definition) is 2. The lowest BCUT2D eigenvalue weighted by Gasteiger charge is -2.38. The highest BCUT2D eigenvalue weighted by Gasteiger charge is 2.34. The summed E-state index contributed by atoms with van der Waals surface area (Å²) in [6, 6.07) is 0. The molecule has 0 aromatic heterocycles. The number of carbonyl (C=O) groups is 1. The highest BCUT2D eigenvalue weighted by molar-refractivity contribution is 5.81. The van der Waals surface area contributed by atoms with Gasteiger partial charge in [-0.3, -0.25) is 0 Å². The van der Waals surface area contributed by atoms with Gasteiger partial charge in [0.05, 0.1) is 6.10 Å². The van der Waals surface area contributed by atoms with Gasteiger partial charge in [0.1, 0.15) is 0 Å². The zero-order valence-electron chi connectivity index (χ0n) is 11.5. The Balaban J connectivity index is 2.92. The summed E-state index contributed by atoms with van der Waals surface area (Å²) in [5, 5.41) is 18.4. The zero-order valence-corrected chi connectivity index (χ0v) is 11.5. The Kier molecular flexibility index (Phi) is 4.52. The molecule has 0 radical (unpaired) electrons. The highest BCUT2D eigenvalue weighted by Crippen LogP contribution is 2.41. The Hall–Kier alpha value is -1.35. The van der Waals surface area contributed by atoms with E-state index >= 15 is 0 Å². The van der Waals surface area contributed by atoms with Gasteiger partial charge in [0.25, 0.3) is 0 Å². The van der Waals surface area contributed by atoms with Gasteiger partial charge in [0.2, 0.25) is 0 Å². The van der Waals surface area contributed by atoms with E-state index in [1.54, 1.807) is 6.92 Å². The predicted molar refractivity (Wildman–Crippen MR) is 72.2 cm³/mol. The number of aliphatic hydroxyl groups excluding tert-OH is 1. The number of rotatable bonds is 3. The first-order valence-corrected chi connectivity index (χ1v) is 6.18. The summed E-state index contributed by atoms with van der Waals surface area (Å²) < 4.78 is 0. The fraction of sp³-hybridized carbons (Fsp3) is 0.533. The van der Waals surface area contributed by atoms with E-state index in [0.29, 0.717) is 0 Å². The van der Waals surface area contributed by atoms with Crippen molar-refractivity contribution in [1.29, 1.82) is 0 Å². The van der Waals surface area contributed by atoms with Crippen molar-refractivity contribution < 1.29 is 15.0 Å². The first kappa shape index (κ1) is 14.7. The molecule has 100 valence electrons. The van der Waals surface area contributed by atoms with Crippen LogP contribution in [0.4, 0.5) is 0 Å². The van der Waals surface area contributed by atoms with Crippen LogP contribution in [0, 0.1) is 11.3 Å². The number of aliphatic carboxylic acids is 1. The fourth-order valence-corrected chi connectivity index (χ4v) is 2.65. The molecule has 0 heterocycles. The molecule has 1 aliphatic rings. The minimum atomic E-state index is -0.928. The van der Waals surface area contributed by atoms with E-state index in [0.717, 1.165) is 17.6 Å². The Labute approximate surface area is 109 Å². The summed E-state index contributed by atoms with van der Waals surface area (Å²) >= 11 is 0. The van der Waals surface area contributed by atoms with Gasteiger partial charge in [0, 0.05) is 12.0 Å². The Morgan fingerprint density at radius 3 is 2.61 bits per heavy atom. The van der Waals surface area contributed by atoms with Gasteiger partial charge in [-0.15, -0.1) is 0 Å². The maximum atomic E-state index is 10.5. The lowest BCUT2D eigenvalue weighted by molar-refractivity contribution is -0.131. The first-order chi connectivity index (χ1) is 8.22. The molecule has 0 aliphatic heterocycles. The zero-order chi connectivity index (χ0) is 13.9. The van der Waals surface area contributed by atoms with Crippen LogP contribution in [0.1, 0.15) is 34.1 Å². The second-order valence-electron chi connectivity index (χ2n) is 5.73. The largest absolute Gasteiger partial charge is 0.478 e. The highest BCUT2D eigenvalue weighted by atomic mass is 16.4. The van der Waals surface area contributed by atoms with Crippen molar-refractivity contribution >= 4 is 5.97 Å². The molecule has 2 atom stereocenters. The number of hydrogen-bond donors (Lipinski definition) is 2. The normalized spacial score (nSPS) is 28.3. The van der Waals surface area contributed by atoms with Crippen molar-refractivity contribution in [2.45, 2.75) is 40.2 Å². The topological polar surface area (TPSA) is 57.5 Å². The van der Waals surface area contributed by atoms with Crippen LogP contribution in [0.25, 0.3) is 0 Å². The van der Waals surface area contributed by atoms with E-state index in [-0.39, 0.29) is 17.4 Å². The molecule has 0 bridgehead atoms. The van der Waals surface area contributed by atoms with Crippen molar-refractivity contribution in [3.05, 3.63) is 35.5 Å². The maximum absolute atomic E-state index is 10.5. The molecule has 2 N–H and O–H groups in total. The van der Waals surface area contributed by atoms with E-state index < -0.39 is 5.97 Å². The van der Waals surface area contributed by atoms with Crippen molar-refractivity contribution in [3.63, 3.8) is 0 Å². The van der Waals surface area contributed by atoms with E-state index in [1.165, 1.54) is 6.08 Å². The Bertz CT molecular complexity index is 413. The minimum absolute atomic E-state index is 0.0156. The lowest BCUT2D eigenvalue weighted by atomic mass is 9.67. The van der Waals surface area contributed by atoms with Crippen molar-refractivity contribution in [3.8, 4) is 0 Å². The Morgan fingerprint density at radius 2 is 2.11 bits per heavy atom. The molecular formula is C15H22O3. The molecule has 1 aliphatic carbocycles. The van der Waals surface area contributed by atoms with Gasteiger partial charge < -0.3 is 10.2 Å². The van der Waals surface area contributed by atoms with E-state index in [9.17, 15) is 9.90 Å². The maximum Gasteiger partial charge on any atom is 0.328 e. The third kappa shape index (κ3) is 3.84. The van der Waals surface area contributed by atoms with Crippen LogP contribution >= 0.6 is 0 Å². The molecule has 0 aromatic rings. The van der Waals surface area contributed by atoms with E-state index in [1.807, 2.05) is 25.2 Å². The van der Waals surface area contributed by atoms with Crippen LogP contribution in [-0.4, -0.2) is 22.3 Å². The van der Waals surface area contributed by atoms with Gasteiger partial charge >= 0.3 is 5.97 Å². The standard InChI is InChI=1S/C15H22O3/c1-10(7-14(17)18)5-6-13-11(2)8-12(16)9-15(13,3)4/h5-8,12-13,16H,9H2,1-4H3,(H,17,18)/b6-5+,10-7-/t12-,13-/m0/s1. The average molecular weight is 250 g/mol. The number of carboxylic acids is 1. The number of carboxylic acid groups (broad SMARTS) is 1. The smallest absolute Gasteiger partial charge is 0.328 e. The molecule has 0 spiro atoms. The van der Waals surface area contributed by atoms with Gasteiger partial charge in [-0.05, 0) is 31.3 Å². The molecule has 0 aromatic carbocycles. The summed E-state index contributed by atoms with van der Waals surface area (Å²) in [5.41, 5.74) is 1.84. The van der Waals surface area contributed by atoms with Crippen LogP contribution in [-0.2, 0) is 4.79 Å². The van der Waals surface area contributed by atoms with Gasteiger partial charge in [0.15, 0.2) is 0 Å². The molecule has 0 amide bonds. The van der Waals surface area contributed by atoms with Gasteiger partial charge in [-0.2, -0.15) is 0 Å². The second kappa shape index (κ2) is 5.53. The third-order valence-corrected chi connectivity index (χ3v) is 3.43. The van der Waals surface area contributed by atoms with E-state index in [2.05, 4.69) is 13.8 Å². The van der Waals surface area contributed by atoms with Gasteiger partial charge in [-0.1, -0.05) is 37.6 Å². The summed E-state index contributed by atoms with van der Waals surface area (Å²) in [6.45, 7) is 8.03. The van der Waals surface area contributed by atoms with Crippen LogP contribution in [0.5, 0.6) is 0 Å². The van der Waals surface area contributed by atoms with Crippen LogP contribution in [0.3, 0.4) is 0 Å². The first-order valence-electron chi connectivity index (χ1n) is 6.18. The Morgan fingerprint density at radius 1 is 1.50 bits per heavy atom. The molecular weight excluding hydrogens is 228 g/mol. The quantitative estimate of drug-likeness (QED) is 0.460. The SMILES string of the molecule is CC1=C[C@H](O)CC(C)(C)[C@H]1/C=C/C(C)=C\C(=O)O. The second-order valence-corrected chi connectivity index (χ2v) is 5.73. The molecule has 1 rings (SSSR count). The van der Waals surface area contributed by atoms with Crippen molar-refractivity contribution in [1.82, 2.24) is 0 Å². The van der Waals surface area contributed by atoms with Gasteiger partial charge in [-0.25, -0.2) is 4.79 Å². The van der Waals surface area contributed by atoms with Crippen LogP contribution in [0.2, 0.25) is 0 Å². The summed E-state index contributed by atoms with van der Waals surface area (Å²) in [6.07, 6.45) is 7.31. The summed E-state index contributed by atoms with van der Waals surface area (Å²) in [4.78, 5) is 10.5. The molecule has 0 fully saturated rings. The minimum Gasteiger partial charge on any atom is -0.478 e. The fourth-order valence-electron chi connectivity index (χ4n) is 2.65. The van der Waals surface area contributed by atoms with E-state index in [4.69, 9.17) is 5.11 Å².